The number of hydrogen-bond donors (Lipinski definition) is 1. The largest absolute Gasteiger partial charge is 0.237 e. The standard InChI is InChI=1S/C13H18N2OS/c1-4-11(3)13(9-14)15-17(16)12-7-5-10(2)6-8-12/h5-8,11,13,15H,4H2,1-3H3/t11-,13-,17+/m0/s1. The molecule has 1 aromatic carbocycles. The first-order valence-corrected chi connectivity index (χ1v) is 6.87. The van der Waals surface area contributed by atoms with Crippen molar-refractivity contribution >= 4 is 11.0 Å². The fraction of sp³-hybridized carbons (Fsp3) is 0.462. The molecule has 0 amide bonds. The van der Waals surface area contributed by atoms with Crippen LogP contribution in [0.3, 0.4) is 0 Å². The number of nitrogens with one attached hydrogen (secondary N) is 1. The summed E-state index contributed by atoms with van der Waals surface area (Å²) in [6, 6.07) is 9.27. The number of nitriles is 1. The fourth-order valence-corrected chi connectivity index (χ4v) is 2.39. The molecule has 0 spiro atoms. The van der Waals surface area contributed by atoms with Crippen molar-refractivity contribution in [2.24, 2.45) is 5.92 Å². The topological polar surface area (TPSA) is 52.9 Å². The lowest BCUT2D eigenvalue weighted by molar-refractivity contribution is 0.484. The normalized spacial score (nSPS) is 15.9. The van der Waals surface area contributed by atoms with E-state index in [1.54, 1.807) is 0 Å². The van der Waals surface area contributed by atoms with Gasteiger partial charge in [-0.15, -0.1) is 0 Å². The van der Waals surface area contributed by atoms with E-state index in [0.717, 1.165) is 12.0 Å². The number of nitrogens with zero attached hydrogens (tertiary/aromatic N) is 1. The molecule has 0 saturated carbocycles. The summed E-state index contributed by atoms with van der Waals surface area (Å²) < 4.78 is 14.9. The summed E-state index contributed by atoms with van der Waals surface area (Å²) in [7, 11) is -1.32. The van der Waals surface area contributed by atoms with Crippen LogP contribution in [-0.4, -0.2) is 10.3 Å². The van der Waals surface area contributed by atoms with Gasteiger partial charge in [0.1, 0.15) is 17.0 Å². The predicted molar refractivity (Wildman–Crippen MR) is 69.6 cm³/mol. The zero-order valence-corrected chi connectivity index (χ0v) is 11.3. The van der Waals surface area contributed by atoms with Crippen LogP contribution < -0.4 is 4.72 Å². The lowest BCUT2D eigenvalue weighted by Crippen LogP contribution is -2.34. The summed E-state index contributed by atoms with van der Waals surface area (Å²) >= 11 is 0. The number of rotatable bonds is 5. The second-order valence-corrected chi connectivity index (χ2v) is 5.44. The molecule has 0 bridgehead atoms. The van der Waals surface area contributed by atoms with Crippen molar-refractivity contribution in [2.45, 2.75) is 38.1 Å². The van der Waals surface area contributed by atoms with Crippen molar-refractivity contribution in [1.29, 1.82) is 5.26 Å². The third kappa shape index (κ3) is 3.95. The second-order valence-electron chi connectivity index (χ2n) is 4.19. The number of benzene rings is 1. The van der Waals surface area contributed by atoms with Gasteiger partial charge in [0.2, 0.25) is 0 Å². The van der Waals surface area contributed by atoms with E-state index in [4.69, 9.17) is 5.26 Å². The zero-order chi connectivity index (χ0) is 12.8. The Morgan fingerprint density at radius 1 is 1.41 bits per heavy atom. The van der Waals surface area contributed by atoms with Gasteiger partial charge in [-0.1, -0.05) is 38.0 Å². The Balaban J connectivity index is 2.72. The third-order valence-electron chi connectivity index (χ3n) is 2.82. The minimum Gasteiger partial charge on any atom is -0.237 e. The van der Waals surface area contributed by atoms with Crippen LogP contribution in [0.5, 0.6) is 0 Å². The molecule has 1 N–H and O–H groups in total. The molecule has 0 aliphatic carbocycles. The summed E-state index contributed by atoms with van der Waals surface area (Å²) in [5, 5.41) is 9.02. The lowest BCUT2D eigenvalue weighted by atomic mass is 10.0. The zero-order valence-electron chi connectivity index (χ0n) is 10.4. The highest BCUT2D eigenvalue weighted by Crippen LogP contribution is 2.11. The lowest BCUT2D eigenvalue weighted by Gasteiger charge is -2.16. The molecule has 0 aromatic heterocycles. The molecule has 17 heavy (non-hydrogen) atoms. The van der Waals surface area contributed by atoms with Crippen molar-refractivity contribution in [1.82, 2.24) is 4.72 Å². The maximum Gasteiger partial charge on any atom is 0.126 e. The van der Waals surface area contributed by atoms with Crippen molar-refractivity contribution in [3.05, 3.63) is 29.8 Å². The number of aryl methyl sites for hydroxylation is 1. The Hall–Kier alpha value is -1.18. The van der Waals surface area contributed by atoms with Crippen LogP contribution in [0, 0.1) is 24.2 Å². The molecular weight excluding hydrogens is 232 g/mol. The number of hydrogen-bond acceptors (Lipinski definition) is 2. The van der Waals surface area contributed by atoms with Gasteiger partial charge in [-0.05, 0) is 25.0 Å². The first-order chi connectivity index (χ1) is 8.08. The molecule has 0 aliphatic heterocycles. The molecule has 92 valence electrons. The molecule has 0 saturated heterocycles. The van der Waals surface area contributed by atoms with Crippen molar-refractivity contribution in [2.75, 3.05) is 0 Å². The van der Waals surface area contributed by atoms with E-state index < -0.39 is 11.0 Å². The van der Waals surface area contributed by atoms with E-state index in [9.17, 15) is 4.21 Å². The van der Waals surface area contributed by atoms with E-state index in [2.05, 4.69) is 10.8 Å². The van der Waals surface area contributed by atoms with Gasteiger partial charge in [-0.25, -0.2) is 8.93 Å². The van der Waals surface area contributed by atoms with Gasteiger partial charge in [-0.2, -0.15) is 5.26 Å². The highest BCUT2D eigenvalue weighted by molar-refractivity contribution is 7.83. The van der Waals surface area contributed by atoms with E-state index in [-0.39, 0.29) is 12.0 Å². The van der Waals surface area contributed by atoms with Gasteiger partial charge in [0.25, 0.3) is 0 Å². The Bertz CT molecular complexity index is 422. The highest BCUT2D eigenvalue weighted by Gasteiger charge is 2.17. The molecule has 1 rings (SSSR count). The van der Waals surface area contributed by atoms with Crippen LogP contribution in [0.2, 0.25) is 0 Å². The maximum atomic E-state index is 12.0. The minimum absolute atomic E-state index is 0.189. The monoisotopic (exact) mass is 250 g/mol. The van der Waals surface area contributed by atoms with Gasteiger partial charge < -0.3 is 0 Å². The molecule has 0 unspecified atom stereocenters. The van der Waals surface area contributed by atoms with Crippen molar-refractivity contribution in [3.63, 3.8) is 0 Å². The highest BCUT2D eigenvalue weighted by atomic mass is 32.2. The van der Waals surface area contributed by atoms with Gasteiger partial charge in [0.05, 0.1) is 11.0 Å². The van der Waals surface area contributed by atoms with E-state index in [0.29, 0.717) is 4.90 Å². The Kier molecular flexibility index (Phi) is 5.33. The summed E-state index contributed by atoms with van der Waals surface area (Å²) in [5.41, 5.74) is 1.13. The first-order valence-electron chi connectivity index (χ1n) is 5.72. The van der Waals surface area contributed by atoms with Gasteiger partial charge >= 0.3 is 0 Å². The molecular formula is C13H18N2OS. The minimum atomic E-state index is -1.32. The molecule has 0 fully saturated rings. The summed E-state index contributed by atoms with van der Waals surface area (Å²) in [6.45, 7) is 5.98. The van der Waals surface area contributed by atoms with Gasteiger partial charge in [0.15, 0.2) is 0 Å². The third-order valence-corrected chi connectivity index (χ3v) is 3.99. The fourth-order valence-electron chi connectivity index (χ4n) is 1.35. The molecule has 0 aliphatic rings. The Morgan fingerprint density at radius 2 is 2.00 bits per heavy atom. The molecule has 0 radical (unpaired) electrons. The Morgan fingerprint density at radius 3 is 2.47 bits per heavy atom. The summed E-state index contributed by atoms with van der Waals surface area (Å²) in [5.74, 6) is 0.189. The summed E-state index contributed by atoms with van der Waals surface area (Å²) in [4.78, 5) is 0.708. The second kappa shape index (κ2) is 6.53. The molecule has 4 heteroatoms. The van der Waals surface area contributed by atoms with Crippen molar-refractivity contribution in [3.8, 4) is 6.07 Å². The quantitative estimate of drug-likeness (QED) is 0.873. The van der Waals surface area contributed by atoms with Gasteiger partial charge in [0, 0.05) is 0 Å². The molecule has 0 heterocycles. The van der Waals surface area contributed by atoms with Crippen LogP contribution in [0.1, 0.15) is 25.8 Å². The average Bonchev–Trinajstić information content (AvgIpc) is 2.35. The molecule has 1 aromatic rings. The average molecular weight is 250 g/mol. The Labute approximate surface area is 105 Å². The first kappa shape index (κ1) is 13.9. The van der Waals surface area contributed by atoms with Crippen LogP contribution in [0.4, 0.5) is 0 Å². The van der Waals surface area contributed by atoms with Crippen LogP contribution in [-0.2, 0) is 11.0 Å². The maximum absolute atomic E-state index is 12.0. The predicted octanol–water partition coefficient (Wildman–Crippen LogP) is 2.55. The van der Waals surface area contributed by atoms with E-state index in [1.807, 2.05) is 45.0 Å². The van der Waals surface area contributed by atoms with Crippen LogP contribution >= 0.6 is 0 Å². The van der Waals surface area contributed by atoms with E-state index in [1.165, 1.54) is 0 Å². The van der Waals surface area contributed by atoms with Crippen LogP contribution in [0.15, 0.2) is 29.2 Å². The van der Waals surface area contributed by atoms with Crippen molar-refractivity contribution < 1.29 is 4.21 Å². The smallest absolute Gasteiger partial charge is 0.126 e. The SMILES string of the molecule is CC[C@H](C)[C@H](C#N)N[S@](=O)c1ccc(C)cc1. The molecule has 3 nitrogen and oxygen atoms in total. The van der Waals surface area contributed by atoms with Gasteiger partial charge in [-0.3, -0.25) is 0 Å². The van der Waals surface area contributed by atoms with E-state index >= 15 is 0 Å². The summed E-state index contributed by atoms with van der Waals surface area (Å²) in [6.07, 6.45) is 0.885. The van der Waals surface area contributed by atoms with Crippen LogP contribution in [0.25, 0.3) is 0 Å². The molecule has 3 atom stereocenters.